The first kappa shape index (κ1) is 14.8. The van der Waals surface area contributed by atoms with Gasteiger partial charge in [-0.25, -0.2) is 9.18 Å². The van der Waals surface area contributed by atoms with E-state index in [-0.39, 0.29) is 0 Å². The van der Waals surface area contributed by atoms with Crippen LogP contribution in [-0.2, 0) is 4.74 Å². The minimum absolute atomic E-state index is 0.409. The van der Waals surface area contributed by atoms with Gasteiger partial charge >= 0.3 is 5.69 Å². The molecule has 1 aliphatic heterocycles. The van der Waals surface area contributed by atoms with Gasteiger partial charge in [0.2, 0.25) is 0 Å². The summed E-state index contributed by atoms with van der Waals surface area (Å²) in [6, 6.07) is 0. The Hall–Kier alpha value is -1.57. The molecule has 7 nitrogen and oxygen atoms in total. The van der Waals surface area contributed by atoms with E-state index in [1.807, 2.05) is 10.9 Å². The molecule has 0 saturated carbocycles. The molecule has 2 heterocycles. The summed E-state index contributed by atoms with van der Waals surface area (Å²) in [5.74, 6) is 0.985. The number of H-pyrrole nitrogens is 1. The van der Waals surface area contributed by atoms with Crippen LogP contribution in [0.5, 0.6) is 0 Å². The molecule has 1 saturated heterocycles. The molecule has 0 aromatic carbocycles. The summed E-state index contributed by atoms with van der Waals surface area (Å²) in [7, 11) is 0. The van der Waals surface area contributed by atoms with Gasteiger partial charge in [-0.15, -0.1) is 6.42 Å². The summed E-state index contributed by atoms with van der Waals surface area (Å²) in [5, 5.41) is 29.1. The summed E-state index contributed by atoms with van der Waals surface area (Å²) in [6.45, 7) is -0.637. The zero-order valence-electron chi connectivity index (χ0n) is 9.99. The third-order valence-electron chi connectivity index (χ3n) is 3.07. The fourth-order valence-corrected chi connectivity index (χ4v) is 2.13. The fourth-order valence-electron chi connectivity index (χ4n) is 1.99. The van der Waals surface area contributed by atoms with E-state index in [1.54, 1.807) is 0 Å². The summed E-state index contributed by atoms with van der Waals surface area (Å²) in [5.41, 5.74) is -3.17. The van der Waals surface area contributed by atoms with Crippen LogP contribution < -0.4 is 5.69 Å². The van der Waals surface area contributed by atoms with Crippen molar-refractivity contribution in [3.63, 3.8) is 0 Å². The molecule has 2 rings (SSSR count). The zero-order chi connectivity index (χ0) is 15.1. The standard InChI is InChI=1S/C11H11FN2O5S/c1-2-11(18)7(16)6(4-15)19-9(11)14-3-5(12)8(20)13-10(14)17/h1,3,6-7,9,15-16,18H,4H2,(H,13,17,20)/t6?,7-,9?,11?/m0/s1. The van der Waals surface area contributed by atoms with Gasteiger partial charge in [-0.2, -0.15) is 0 Å². The number of terminal acetylenes is 1. The molecule has 9 heteroatoms. The number of aliphatic hydroxyl groups is 3. The zero-order valence-corrected chi connectivity index (χ0v) is 10.8. The molecule has 0 bridgehead atoms. The number of nitrogens with zero attached hydrogens (tertiary/aromatic N) is 1. The van der Waals surface area contributed by atoms with Crippen molar-refractivity contribution in [1.29, 1.82) is 0 Å². The maximum absolute atomic E-state index is 13.4. The molecule has 1 aromatic heterocycles. The van der Waals surface area contributed by atoms with Crippen molar-refractivity contribution in [1.82, 2.24) is 9.55 Å². The second kappa shape index (κ2) is 5.08. The Morgan fingerprint density at radius 3 is 2.90 bits per heavy atom. The quantitative estimate of drug-likeness (QED) is 0.398. The first-order chi connectivity index (χ1) is 9.35. The molecule has 3 unspecified atom stereocenters. The number of aliphatic hydroxyl groups excluding tert-OH is 2. The first-order valence-electron chi connectivity index (χ1n) is 5.50. The van der Waals surface area contributed by atoms with Crippen LogP contribution in [0.25, 0.3) is 0 Å². The lowest BCUT2D eigenvalue weighted by atomic mass is 9.95. The molecule has 0 radical (unpaired) electrons. The molecular formula is C11H11FN2O5S. The van der Waals surface area contributed by atoms with Gasteiger partial charge in [-0.3, -0.25) is 9.55 Å². The lowest BCUT2D eigenvalue weighted by Gasteiger charge is -2.26. The van der Waals surface area contributed by atoms with Crippen molar-refractivity contribution in [3.8, 4) is 12.3 Å². The van der Waals surface area contributed by atoms with Crippen molar-refractivity contribution >= 4 is 12.2 Å². The van der Waals surface area contributed by atoms with Crippen molar-refractivity contribution in [2.45, 2.75) is 24.0 Å². The fraction of sp³-hybridized carbons (Fsp3) is 0.455. The third kappa shape index (κ3) is 2.07. The monoisotopic (exact) mass is 302 g/mol. The summed E-state index contributed by atoms with van der Waals surface area (Å²) >= 11 is 4.55. The second-order valence-electron chi connectivity index (χ2n) is 4.27. The van der Waals surface area contributed by atoms with Crippen LogP contribution in [0, 0.1) is 22.8 Å². The highest BCUT2D eigenvalue weighted by Crippen LogP contribution is 2.37. The Morgan fingerprint density at radius 1 is 1.70 bits per heavy atom. The molecule has 4 N–H and O–H groups in total. The molecule has 1 aliphatic rings. The number of hydrogen-bond acceptors (Lipinski definition) is 6. The summed E-state index contributed by atoms with van der Waals surface area (Å²) in [4.78, 5) is 13.8. The van der Waals surface area contributed by atoms with Crippen LogP contribution in [0.15, 0.2) is 11.0 Å². The maximum Gasteiger partial charge on any atom is 0.328 e. The Kier molecular flexibility index (Phi) is 3.77. The van der Waals surface area contributed by atoms with E-state index in [0.717, 1.165) is 0 Å². The largest absolute Gasteiger partial charge is 0.394 e. The van der Waals surface area contributed by atoms with Gasteiger partial charge < -0.3 is 20.1 Å². The highest BCUT2D eigenvalue weighted by atomic mass is 32.1. The minimum atomic E-state index is -2.29. The maximum atomic E-state index is 13.4. The SMILES string of the molecule is C#CC1(O)C(n2cc(F)c(=S)[nH]c2=O)OC(CO)[C@@H]1O. The van der Waals surface area contributed by atoms with E-state index in [9.17, 15) is 19.4 Å². The third-order valence-corrected chi connectivity index (χ3v) is 3.37. The van der Waals surface area contributed by atoms with E-state index in [2.05, 4.69) is 12.2 Å². The lowest BCUT2D eigenvalue weighted by Crippen LogP contribution is -2.47. The summed E-state index contributed by atoms with van der Waals surface area (Å²) in [6.07, 6.45) is 1.46. The molecule has 0 spiro atoms. The Morgan fingerprint density at radius 2 is 2.35 bits per heavy atom. The topological polar surface area (TPSA) is 108 Å². The average Bonchev–Trinajstić information content (AvgIpc) is 2.67. The van der Waals surface area contributed by atoms with E-state index in [0.29, 0.717) is 10.8 Å². The van der Waals surface area contributed by atoms with Crippen molar-refractivity contribution in [2.75, 3.05) is 6.61 Å². The Labute approximate surface area is 117 Å². The van der Waals surface area contributed by atoms with Crippen molar-refractivity contribution in [2.24, 2.45) is 0 Å². The number of halogens is 1. The van der Waals surface area contributed by atoms with E-state index in [1.165, 1.54) is 0 Å². The lowest BCUT2D eigenvalue weighted by molar-refractivity contribution is -0.0768. The van der Waals surface area contributed by atoms with Crippen LogP contribution in [-0.4, -0.2) is 49.3 Å². The number of aromatic nitrogens is 2. The van der Waals surface area contributed by atoms with Crippen LogP contribution in [0.2, 0.25) is 0 Å². The Balaban J connectivity index is 2.58. The van der Waals surface area contributed by atoms with Gasteiger partial charge in [0.05, 0.1) is 12.8 Å². The van der Waals surface area contributed by atoms with Crippen LogP contribution in [0.1, 0.15) is 6.23 Å². The number of hydrogen-bond donors (Lipinski definition) is 4. The van der Waals surface area contributed by atoms with Gasteiger partial charge in [0.1, 0.15) is 16.8 Å². The van der Waals surface area contributed by atoms with Gasteiger partial charge in [0.15, 0.2) is 17.6 Å². The molecule has 0 amide bonds. The van der Waals surface area contributed by atoms with Crippen molar-refractivity contribution in [3.05, 3.63) is 27.1 Å². The number of ether oxygens (including phenoxy) is 1. The molecule has 0 aliphatic carbocycles. The van der Waals surface area contributed by atoms with E-state index < -0.39 is 46.8 Å². The average molecular weight is 302 g/mol. The summed E-state index contributed by atoms with van der Waals surface area (Å²) < 4.78 is 18.8. The van der Waals surface area contributed by atoms with Gasteiger partial charge in [0.25, 0.3) is 0 Å². The van der Waals surface area contributed by atoms with Crippen LogP contribution >= 0.6 is 12.2 Å². The minimum Gasteiger partial charge on any atom is -0.394 e. The molecular weight excluding hydrogens is 291 g/mol. The Bertz CT molecular complexity index is 681. The first-order valence-corrected chi connectivity index (χ1v) is 5.91. The normalized spacial score (nSPS) is 33.0. The molecule has 20 heavy (non-hydrogen) atoms. The highest BCUT2D eigenvalue weighted by Gasteiger charge is 2.55. The van der Waals surface area contributed by atoms with Gasteiger partial charge in [0, 0.05) is 0 Å². The predicted octanol–water partition coefficient (Wildman–Crippen LogP) is -1.34. The van der Waals surface area contributed by atoms with Gasteiger partial charge in [-0.05, 0) is 0 Å². The van der Waals surface area contributed by atoms with E-state index >= 15 is 0 Å². The number of rotatable bonds is 2. The van der Waals surface area contributed by atoms with Gasteiger partial charge in [-0.1, -0.05) is 18.1 Å². The number of aromatic amines is 1. The molecule has 1 aromatic rings. The molecule has 4 atom stereocenters. The van der Waals surface area contributed by atoms with Crippen LogP contribution in [0.4, 0.5) is 4.39 Å². The smallest absolute Gasteiger partial charge is 0.328 e. The van der Waals surface area contributed by atoms with Crippen LogP contribution in [0.3, 0.4) is 0 Å². The highest BCUT2D eigenvalue weighted by molar-refractivity contribution is 7.71. The molecule has 1 fully saturated rings. The second-order valence-corrected chi connectivity index (χ2v) is 4.68. The number of nitrogens with one attached hydrogen (secondary N) is 1. The van der Waals surface area contributed by atoms with E-state index in [4.69, 9.17) is 16.3 Å². The van der Waals surface area contributed by atoms with Crippen molar-refractivity contribution < 1.29 is 24.4 Å². The molecule has 108 valence electrons. The predicted molar refractivity (Wildman–Crippen MR) is 66.6 cm³/mol.